The average Bonchev–Trinajstić information content (AvgIpc) is 3.16. The fraction of sp³-hybridized carbons (Fsp3) is 0.423. The molecule has 0 aliphatic carbocycles. The number of imidazole rings is 1. The topological polar surface area (TPSA) is 67.2 Å². The molecule has 4 rings (SSSR count). The number of hydrogen-bond acceptors (Lipinski definition) is 3. The van der Waals surface area contributed by atoms with Crippen molar-refractivity contribution in [2.45, 2.75) is 58.0 Å². The smallest absolute Gasteiger partial charge is 0.242 e. The average molecular weight is 467 g/mol. The number of halogens is 1. The van der Waals surface area contributed by atoms with Crippen molar-refractivity contribution < 1.29 is 9.59 Å². The number of likely N-dealkylation sites (tertiary alicyclic amines) is 1. The van der Waals surface area contributed by atoms with E-state index in [2.05, 4.69) is 12.2 Å². The van der Waals surface area contributed by atoms with Crippen LogP contribution in [0.2, 0.25) is 5.02 Å². The molecule has 1 N–H and O–H groups in total. The second-order valence-corrected chi connectivity index (χ2v) is 9.16. The van der Waals surface area contributed by atoms with Gasteiger partial charge < -0.3 is 14.8 Å². The summed E-state index contributed by atoms with van der Waals surface area (Å²) < 4.78 is 2.05. The number of nitrogens with one attached hydrogen (secondary N) is 1. The molecule has 3 aromatic rings. The van der Waals surface area contributed by atoms with Gasteiger partial charge in [0.15, 0.2) is 0 Å². The molecular formula is C26H31ClN4O2. The minimum Gasteiger partial charge on any atom is -0.356 e. The lowest BCUT2D eigenvalue weighted by Gasteiger charge is -2.33. The first-order valence-electron chi connectivity index (χ1n) is 11.8. The van der Waals surface area contributed by atoms with E-state index in [0.717, 1.165) is 48.2 Å². The maximum Gasteiger partial charge on any atom is 0.242 e. The Morgan fingerprint density at radius 2 is 1.91 bits per heavy atom. The molecule has 7 heteroatoms. The Hall–Kier alpha value is -2.86. The maximum absolute atomic E-state index is 13.1. The quantitative estimate of drug-likeness (QED) is 0.501. The van der Waals surface area contributed by atoms with Crippen LogP contribution in [-0.4, -0.2) is 45.4 Å². The number of aromatic nitrogens is 2. The van der Waals surface area contributed by atoms with Gasteiger partial charge in [0.2, 0.25) is 11.8 Å². The summed E-state index contributed by atoms with van der Waals surface area (Å²) in [6.45, 7) is 3.82. The first-order valence-corrected chi connectivity index (χ1v) is 12.1. The number of aryl methyl sites for hydroxylation is 1. The lowest BCUT2D eigenvalue weighted by molar-refractivity contribution is -0.135. The van der Waals surface area contributed by atoms with E-state index < -0.39 is 0 Å². The molecule has 2 heterocycles. The van der Waals surface area contributed by atoms with Gasteiger partial charge in [-0.2, -0.15) is 0 Å². The number of para-hydroxylation sites is 2. The Morgan fingerprint density at radius 3 is 2.73 bits per heavy atom. The van der Waals surface area contributed by atoms with Crippen molar-refractivity contribution in [1.82, 2.24) is 19.8 Å². The van der Waals surface area contributed by atoms with E-state index >= 15 is 0 Å². The van der Waals surface area contributed by atoms with Crippen LogP contribution in [0.5, 0.6) is 0 Å². The highest BCUT2D eigenvalue weighted by Gasteiger charge is 2.24. The van der Waals surface area contributed by atoms with Crippen LogP contribution in [0.4, 0.5) is 0 Å². The molecule has 2 aromatic carbocycles. The molecule has 1 aliphatic heterocycles. The highest BCUT2D eigenvalue weighted by molar-refractivity contribution is 6.31. The number of piperidine rings is 1. The number of benzene rings is 2. The van der Waals surface area contributed by atoms with Crippen LogP contribution in [0.1, 0.15) is 44.0 Å². The van der Waals surface area contributed by atoms with Gasteiger partial charge in [0.25, 0.3) is 0 Å². The summed E-state index contributed by atoms with van der Waals surface area (Å²) in [6, 6.07) is 15.6. The fourth-order valence-electron chi connectivity index (χ4n) is 4.54. The molecule has 2 amide bonds. The molecule has 174 valence electrons. The molecule has 1 unspecified atom stereocenters. The predicted octanol–water partition coefficient (Wildman–Crippen LogP) is 4.38. The summed E-state index contributed by atoms with van der Waals surface area (Å²) in [5.74, 6) is 0.986. The molecule has 1 aliphatic rings. The highest BCUT2D eigenvalue weighted by atomic mass is 35.5. The second kappa shape index (κ2) is 10.8. The third-order valence-corrected chi connectivity index (χ3v) is 6.73. The number of amides is 2. The summed E-state index contributed by atoms with van der Waals surface area (Å²) in [7, 11) is 0. The first kappa shape index (κ1) is 23.3. The van der Waals surface area contributed by atoms with Gasteiger partial charge >= 0.3 is 0 Å². The summed E-state index contributed by atoms with van der Waals surface area (Å²) in [4.78, 5) is 32.2. The normalized spacial score (nSPS) is 16.2. The van der Waals surface area contributed by atoms with E-state index in [1.54, 1.807) is 6.07 Å². The summed E-state index contributed by atoms with van der Waals surface area (Å²) >= 11 is 6.15. The van der Waals surface area contributed by atoms with Crippen LogP contribution < -0.4 is 5.32 Å². The van der Waals surface area contributed by atoms with Crippen LogP contribution in [0.25, 0.3) is 11.0 Å². The maximum atomic E-state index is 13.1. The number of fused-ring (bicyclic) bond motifs is 1. The lowest BCUT2D eigenvalue weighted by Crippen LogP contribution is -2.43. The third kappa shape index (κ3) is 5.74. The van der Waals surface area contributed by atoms with E-state index in [-0.39, 0.29) is 24.3 Å². The van der Waals surface area contributed by atoms with Crippen molar-refractivity contribution in [2.24, 2.45) is 0 Å². The van der Waals surface area contributed by atoms with Crippen LogP contribution in [0.3, 0.4) is 0 Å². The van der Waals surface area contributed by atoms with Crippen LogP contribution in [0, 0.1) is 0 Å². The Bertz CT molecular complexity index is 1130. The van der Waals surface area contributed by atoms with Crippen LogP contribution in [-0.2, 0) is 29.0 Å². The van der Waals surface area contributed by atoms with E-state index in [1.165, 1.54) is 6.42 Å². The van der Waals surface area contributed by atoms with Gasteiger partial charge in [-0.3, -0.25) is 9.59 Å². The molecule has 0 radical (unpaired) electrons. The van der Waals surface area contributed by atoms with E-state index in [1.807, 2.05) is 51.9 Å². The molecule has 1 saturated heterocycles. The monoisotopic (exact) mass is 466 g/mol. The van der Waals surface area contributed by atoms with Crippen molar-refractivity contribution >= 4 is 34.4 Å². The number of carbonyl (C=O) groups excluding carboxylic acids is 2. The molecule has 0 saturated carbocycles. The van der Waals surface area contributed by atoms with Crippen molar-refractivity contribution in [2.75, 3.05) is 13.1 Å². The zero-order valence-electron chi connectivity index (χ0n) is 19.1. The zero-order chi connectivity index (χ0) is 23.2. The SMILES string of the molecule is CC1CCCCN1C(=O)Cn1c(CCCNC(=O)Cc2ccccc2Cl)nc2ccccc21. The lowest BCUT2D eigenvalue weighted by atomic mass is 10.0. The third-order valence-electron chi connectivity index (χ3n) is 6.36. The van der Waals surface area contributed by atoms with Crippen LogP contribution in [0.15, 0.2) is 48.5 Å². The highest BCUT2D eigenvalue weighted by Crippen LogP contribution is 2.21. The first-order chi connectivity index (χ1) is 16.0. The number of carbonyl (C=O) groups is 2. The summed E-state index contributed by atoms with van der Waals surface area (Å²) in [5.41, 5.74) is 2.70. The van der Waals surface area contributed by atoms with Gasteiger partial charge in [0, 0.05) is 30.6 Å². The van der Waals surface area contributed by atoms with Gasteiger partial charge in [-0.25, -0.2) is 4.98 Å². The number of hydrogen-bond donors (Lipinski definition) is 1. The number of rotatable bonds is 8. The van der Waals surface area contributed by atoms with Crippen LogP contribution >= 0.6 is 11.6 Å². The van der Waals surface area contributed by atoms with Crippen molar-refractivity contribution in [3.63, 3.8) is 0 Å². The standard InChI is InChI=1S/C26H31ClN4O2/c1-19-9-6-7-16-30(19)26(33)18-31-23-13-5-4-12-22(23)29-24(31)14-8-15-28-25(32)17-20-10-2-3-11-21(20)27/h2-5,10-13,19H,6-9,14-18H2,1H3,(H,28,32). The molecule has 1 atom stereocenters. The van der Waals surface area contributed by atoms with E-state index in [0.29, 0.717) is 24.5 Å². The summed E-state index contributed by atoms with van der Waals surface area (Å²) in [5, 5.41) is 3.58. The summed E-state index contributed by atoms with van der Waals surface area (Å²) in [6.07, 6.45) is 5.02. The zero-order valence-corrected chi connectivity index (χ0v) is 19.9. The van der Waals surface area contributed by atoms with Crippen molar-refractivity contribution in [1.29, 1.82) is 0 Å². The molecule has 33 heavy (non-hydrogen) atoms. The van der Waals surface area contributed by atoms with E-state index in [9.17, 15) is 9.59 Å². The molecule has 0 bridgehead atoms. The van der Waals surface area contributed by atoms with Gasteiger partial charge in [-0.05, 0) is 56.4 Å². The Balaban J connectivity index is 1.38. The van der Waals surface area contributed by atoms with Crippen molar-refractivity contribution in [3.8, 4) is 0 Å². The van der Waals surface area contributed by atoms with Gasteiger partial charge in [-0.1, -0.05) is 41.9 Å². The Labute approximate surface area is 199 Å². The van der Waals surface area contributed by atoms with Crippen molar-refractivity contribution in [3.05, 3.63) is 64.9 Å². The Morgan fingerprint density at radius 1 is 1.12 bits per heavy atom. The minimum absolute atomic E-state index is 0.0501. The van der Waals surface area contributed by atoms with E-state index in [4.69, 9.17) is 16.6 Å². The molecule has 0 spiro atoms. The molecule has 6 nitrogen and oxygen atoms in total. The minimum atomic E-state index is -0.0501. The molecular weight excluding hydrogens is 436 g/mol. The second-order valence-electron chi connectivity index (χ2n) is 8.76. The fourth-order valence-corrected chi connectivity index (χ4v) is 4.74. The number of nitrogens with zero attached hydrogens (tertiary/aromatic N) is 3. The molecule has 1 aromatic heterocycles. The predicted molar refractivity (Wildman–Crippen MR) is 131 cm³/mol. The largest absolute Gasteiger partial charge is 0.356 e. The van der Waals surface area contributed by atoms with Gasteiger partial charge in [0.1, 0.15) is 12.4 Å². The van der Waals surface area contributed by atoms with Gasteiger partial charge in [-0.15, -0.1) is 0 Å². The molecule has 1 fully saturated rings. The van der Waals surface area contributed by atoms with Gasteiger partial charge in [0.05, 0.1) is 17.5 Å². The Kier molecular flexibility index (Phi) is 7.65.